The number of aryl methyl sites for hydroxylation is 3. The molecule has 0 aliphatic rings. The minimum Gasteiger partial charge on any atom is -0.385 e. The van der Waals surface area contributed by atoms with Crippen LogP contribution in [0, 0.1) is 6.92 Å². The molecule has 0 bridgehead atoms. The van der Waals surface area contributed by atoms with Gasteiger partial charge in [-0.05, 0) is 27.8 Å². The summed E-state index contributed by atoms with van der Waals surface area (Å²) in [6, 6.07) is 0. The Morgan fingerprint density at radius 1 is 0.895 bits per heavy atom. The van der Waals surface area contributed by atoms with Gasteiger partial charge in [-0.15, -0.1) is 45.9 Å². The fourth-order valence-corrected chi connectivity index (χ4v) is 1.52. The Labute approximate surface area is 212 Å². The number of nitrogens with two attached hydrogens (primary N) is 3. The predicted octanol–water partition coefficient (Wildman–Crippen LogP) is -4.05. The number of aromatic amines is 4. The zero-order valence-corrected chi connectivity index (χ0v) is 20.4. The molecule has 5 aromatic rings. The Morgan fingerprint density at radius 2 is 1.42 bits per heavy atom. The molecule has 5 aromatic heterocycles. The number of nitrogens with one attached hydrogen (secondary N) is 5. The number of hydrogen-bond donors (Lipinski definition) is 8. The van der Waals surface area contributed by atoms with Crippen LogP contribution in [0.1, 0.15) is 24.4 Å². The van der Waals surface area contributed by atoms with Crippen LogP contribution in [0.15, 0.2) is 22.6 Å². The average Bonchev–Trinajstić information content (AvgIpc) is 3.76. The standard InChI is InChI=1S/C4H8N4.C2H2N10.C2H5N5.C2H4N4.C2H7N3/c1-3-4-5-6-7-8(4)2;3(1-5-9-10-6-1)4-2-7-11-12-8-2;3-1-2-4-6-7-5-2;1-2-3-5-6-4-2;1-2(3)5-4/h3H2,1-2H3;(H,5,6,9,10)(H,7,8,11,12);1,3H2,(H,4,5,6,7);1H3,(H,3,4,5,6);5H,1,3-4H2. The molecule has 0 fully saturated rings. The summed E-state index contributed by atoms with van der Waals surface area (Å²) in [5.74, 6) is 7.34. The van der Waals surface area contributed by atoms with Crippen molar-refractivity contribution in [3.8, 4) is 0 Å². The number of tetrazole rings is 5. The van der Waals surface area contributed by atoms with Crippen LogP contribution in [0.3, 0.4) is 0 Å². The summed E-state index contributed by atoms with van der Waals surface area (Å²) >= 11 is 0. The third-order valence-electron chi connectivity index (χ3n) is 3.13. The van der Waals surface area contributed by atoms with Gasteiger partial charge in [-0.25, -0.2) is 10.5 Å². The van der Waals surface area contributed by atoms with Crippen molar-refractivity contribution in [2.24, 2.45) is 34.6 Å². The molecule has 0 aliphatic heterocycles. The fourth-order valence-electron chi connectivity index (χ4n) is 1.52. The summed E-state index contributed by atoms with van der Waals surface area (Å²) in [6.45, 7) is 7.35. The van der Waals surface area contributed by atoms with Crippen molar-refractivity contribution < 1.29 is 0 Å². The molecule has 204 valence electrons. The van der Waals surface area contributed by atoms with Gasteiger partial charge in [0.2, 0.25) is 0 Å². The second kappa shape index (κ2) is 18.5. The van der Waals surface area contributed by atoms with Crippen molar-refractivity contribution >= 4 is 11.9 Å². The van der Waals surface area contributed by atoms with E-state index in [-0.39, 0.29) is 17.7 Å². The lowest BCUT2D eigenvalue weighted by atomic mass is 10.5. The second-order valence-corrected chi connectivity index (χ2v) is 5.86. The van der Waals surface area contributed by atoms with E-state index in [1.807, 2.05) is 14.0 Å². The van der Waals surface area contributed by atoms with Gasteiger partial charge in [-0.3, -0.25) is 0 Å². The lowest BCUT2D eigenvalue weighted by Gasteiger charge is -1.88. The Morgan fingerprint density at radius 3 is 1.66 bits per heavy atom. The van der Waals surface area contributed by atoms with Crippen molar-refractivity contribution in [2.75, 3.05) is 0 Å². The molecular formula is C12H26N26. The van der Waals surface area contributed by atoms with E-state index < -0.39 is 0 Å². The Hall–Kier alpha value is -5.79. The maximum absolute atomic E-state index is 5.11. The third kappa shape index (κ3) is 13.8. The molecule has 0 spiro atoms. The number of hydrazine groups is 1. The summed E-state index contributed by atoms with van der Waals surface area (Å²) in [4.78, 5) is 0. The van der Waals surface area contributed by atoms with E-state index in [0.29, 0.717) is 18.2 Å². The van der Waals surface area contributed by atoms with Gasteiger partial charge < -0.3 is 16.9 Å². The first-order chi connectivity index (χ1) is 18.4. The first-order valence-electron chi connectivity index (χ1n) is 10.0. The van der Waals surface area contributed by atoms with E-state index in [1.165, 1.54) is 0 Å². The SMILES string of the molecule is C=C(N)NN.CCc1nnnn1C.Cc1nn[nH]n1.N(=Nc1nn[nH]n1)c1nn[nH]n1.NCc1nn[nH]n1. The number of nitrogens with zero attached hydrogens (tertiary/aromatic N) is 18. The molecule has 0 aromatic carbocycles. The Bertz CT molecular complexity index is 1160. The van der Waals surface area contributed by atoms with E-state index >= 15 is 0 Å². The van der Waals surface area contributed by atoms with Gasteiger partial charge in [0.15, 0.2) is 17.5 Å². The Kier molecular flexibility index (Phi) is 14.7. The molecule has 11 N–H and O–H groups in total. The maximum atomic E-state index is 5.11. The number of H-pyrrole nitrogens is 4. The molecule has 0 amide bonds. The first-order valence-corrected chi connectivity index (χ1v) is 10.0. The highest BCUT2D eigenvalue weighted by molar-refractivity contribution is 5.10. The number of azo groups is 1. The van der Waals surface area contributed by atoms with Gasteiger partial charge in [0.25, 0.3) is 0 Å². The topological polar surface area (TPSA) is 376 Å². The van der Waals surface area contributed by atoms with Crippen LogP contribution in [0.5, 0.6) is 0 Å². The lowest BCUT2D eigenvalue weighted by Crippen LogP contribution is -2.25. The van der Waals surface area contributed by atoms with Crippen LogP contribution < -0.4 is 22.7 Å². The first kappa shape index (κ1) is 30.2. The molecule has 0 atom stereocenters. The van der Waals surface area contributed by atoms with Gasteiger partial charge in [0, 0.05) is 13.5 Å². The summed E-state index contributed by atoms with van der Waals surface area (Å²) in [6.07, 6.45) is 0.892. The largest absolute Gasteiger partial charge is 0.385 e. The van der Waals surface area contributed by atoms with E-state index in [4.69, 9.17) is 17.3 Å². The molecule has 0 aliphatic carbocycles. The van der Waals surface area contributed by atoms with E-state index in [1.54, 1.807) is 11.6 Å². The average molecular weight is 535 g/mol. The summed E-state index contributed by atoms with van der Waals surface area (Å²) in [5.41, 5.74) is 12.1. The van der Waals surface area contributed by atoms with Crippen molar-refractivity contribution in [1.29, 1.82) is 0 Å². The van der Waals surface area contributed by atoms with Crippen molar-refractivity contribution in [2.45, 2.75) is 26.8 Å². The molecule has 5 rings (SSSR count). The van der Waals surface area contributed by atoms with Crippen molar-refractivity contribution in [3.05, 3.63) is 29.9 Å². The minimum atomic E-state index is 0.111. The van der Waals surface area contributed by atoms with E-state index in [9.17, 15) is 0 Å². The van der Waals surface area contributed by atoms with Crippen LogP contribution in [0.4, 0.5) is 11.9 Å². The van der Waals surface area contributed by atoms with E-state index in [0.717, 1.165) is 12.2 Å². The van der Waals surface area contributed by atoms with Gasteiger partial charge >= 0.3 is 11.9 Å². The molecule has 0 unspecified atom stereocenters. The zero-order valence-electron chi connectivity index (χ0n) is 20.4. The molecule has 0 saturated heterocycles. The zero-order chi connectivity index (χ0) is 28.0. The molecular weight excluding hydrogens is 508 g/mol. The minimum absolute atomic E-state index is 0.111. The highest BCUT2D eigenvalue weighted by atomic mass is 15.5. The maximum Gasteiger partial charge on any atom is 0.307 e. The molecule has 26 nitrogen and oxygen atoms in total. The highest BCUT2D eigenvalue weighted by Crippen LogP contribution is 2.04. The molecule has 38 heavy (non-hydrogen) atoms. The monoisotopic (exact) mass is 534 g/mol. The predicted molar refractivity (Wildman–Crippen MR) is 122 cm³/mol. The van der Waals surface area contributed by atoms with E-state index in [2.05, 4.69) is 120 Å². The molecule has 26 heteroatoms. The van der Waals surface area contributed by atoms with Crippen molar-refractivity contribution in [3.63, 3.8) is 0 Å². The van der Waals surface area contributed by atoms with Crippen LogP contribution in [-0.4, -0.2) is 103 Å². The van der Waals surface area contributed by atoms with Crippen molar-refractivity contribution in [1.82, 2.24) is 108 Å². The smallest absolute Gasteiger partial charge is 0.307 e. The summed E-state index contributed by atoms with van der Waals surface area (Å²) in [7, 11) is 1.83. The summed E-state index contributed by atoms with van der Waals surface area (Å²) < 4.78 is 1.67. The highest BCUT2D eigenvalue weighted by Gasteiger charge is 1.96. The number of rotatable bonds is 5. The van der Waals surface area contributed by atoms with Gasteiger partial charge in [0.05, 0.1) is 6.54 Å². The Balaban J connectivity index is 0.000000247. The fraction of sp³-hybridized carbons (Fsp3) is 0.417. The molecule has 5 heterocycles. The van der Waals surface area contributed by atoms with Crippen LogP contribution in [0.25, 0.3) is 0 Å². The van der Waals surface area contributed by atoms with Gasteiger partial charge in [0.1, 0.15) is 5.82 Å². The second-order valence-electron chi connectivity index (χ2n) is 5.86. The third-order valence-corrected chi connectivity index (χ3v) is 3.13. The van der Waals surface area contributed by atoms with Crippen LogP contribution >= 0.6 is 0 Å². The number of aromatic nitrogens is 20. The molecule has 0 saturated carbocycles. The quantitative estimate of drug-likeness (QED) is 0.0603. The van der Waals surface area contributed by atoms with Crippen LogP contribution in [-0.2, 0) is 20.0 Å². The van der Waals surface area contributed by atoms with Gasteiger partial charge in [-0.1, -0.05) is 34.1 Å². The molecule has 0 radical (unpaired) electrons. The van der Waals surface area contributed by atoms with Gasteiger partial charge in [-0.2, -0.15) is 20.9 Å². The summed E-state index contributed by atoms with van der Waals surface area (Å²) in [5, 5.41) is 68.3. The van der Waals surface area contributed by atoms with Crippen LogP contribution in [0.2, 0.25) is 0 Å². The lowest BCUT2D eigenvalue weighted by molar-refractivity contribution is 0.682. The normalized spacial score (nSPS) is 9.50. The number of hydrogen-bond acceptors (Lipinski definition) is 21.